The summed E-state index contributed by atoms with van der Waals surface area (Å²) in [7, 11) is -3.98. The fourth-order valence-electron chi connectivity index (χ4n) is 2.44. The molecule has 0 radical (unpaired) electrons. The average Bonchev–Trinajstić information content (AvgIpc) is 2.47. The van der Waals surface area contributed by atoms with Crippen molar-refractivity contribution in [1.82, 2.24) is 9.21 Å². The van der Waals surface area contributed by atoms with E-state index in [1.54, 1.807) is 4.90 Å². The summed E-state index contributed by atoms with van der Waals surface area (Å²) in [5.74, 6) is 0. The van der Waals surface area contributed by atoms with E-state index in [9.17, 15) is 21.6 Å². The van der Waals surface area contributed by atoms with Gasteiger partial charge in [0.1, 0.15) is 0 Å². The molecule has 0 saturated carbocycles. The largest absolute Gasteiger partial charge is 0.416 e. The monoisotopic (exact) mass is 347 g/mol. The summed E-state index contributed by atoms with van der Waals surface area (Å²) >= 11 is 0. The highest BCUT2D eigenvalue weighted by molar-refractivity contribution is 7.89. The average molecular weight is 347 g/mol. The second kappa shape index (κ2) is 6.47. The Morgan fingerprint density at radius 1 is 1.22 bits per heavy atom. The number of hydrogen-bond donors (Lipinski definition) is 0. The molecule has 1 saturated heterocycles. The van der Waals surface area contributed by atoms with E-state index in [0.29, 0.717) is 19.2 Å². The highest BCUT2D eigenvalue weighted by Crippen LogP contribution is 2.33. The van der Waals surface area contributed by atoms with Crippen LogP contribution in [0, 0.1) is 18.3 Å². The molecular weight excluding hydrogens is 331 g/mol. The Kier molecular flexibility index (Phi) is 4.98. The van der Waals surface area contributed by atoms with Gasteiger partial charge in [-0.05, 0) is 24.6 Å². The third kappa shape index (κ3) is 3.83. The van der Waals surface area contributed by atoms with Crippen molar-refractivity contribution >= 4 is 10.0 Å². The zero-order chi connectivity index (χ0) is 17.3. The molecule has 1 fully saturated rings. The van der Waals surface area contributed by atoms with E-state index in [4.69, 9.17) is 5.26 Å². The molecule has 0 amide bonds. The van der Waals surface area contributed by atoms with E-state index in [2.05, 4.69) is 0 Å². The van der Waals surface area contributed by atoms with Crippen LogP contribution in [-0.4, -0.2) is 50.3 Å². The van der Waals surface area contributed by atoms with E-state index in [1.165, 1.54) is 19.1 Å². The van der Waals surface area contributed by atoms with Crippen molar-refractivity contribution in [3.05, 3.63) is 29.3 Å². The van der Waals surface area contributed by atoms with Crippen molar-refractivity contribution < 1.29 is 21.6 Å². The number of nitrogens with zero attached hydrogens (tertiary/aromatic N) is 3. The standard InChI is InChI=1S/C14H16F3N3O2S/c1-11-2-3-12(10-13(11)14(15,16)17)23(21,22)20-8-6-19(5-4-18)7-9-20/h2-3,10H,5-9H2,1H3. The van der Waals surface area contributed by atoms with Crippen molar-refractivity contribution in [2.45, 2.75) is 18.0 Å². The Labute approximate surface area is 133 Å². The zero-order valence-corrected chi connectivity index (χ0v) is 13.3. The van der Waals surface area contributed by atoms with Crippen molar-refractivity contribution in [2.24, 2.45) is 0 Å². The number of benzene rings is 1. The quantitative estimate of drug-likeness (QED) is 0.783. The fourth-order valence-corrected chi connectivity index (χ4v) is 3.89. The number of rotatable bonds is 3. The van der Waals surface area contributed by atoms with Gasteiger partial charge in [0, 0.05) is 26.2 Å². The zero-order valence-electron chi connectivity index (χ0n) is 12.5. The van der Waals surface area contributed by atoms with Crippen molar-refractivity contribution in [1.29, 1.82) is 5.26 Å². The van der Waals surface area contributed by atoms with Crippen LogP contribution in [-0.2, 0) is 16.2 Å². The molecule has 1 aromatic carbocycles. The Balaban J connectivity index is 2.26. The smallest absolute Gasteiger partial charge is 0.288 e. The molecule has 2 rings (SSSR count). The minimum atomic E-state index is -4.60. The molecule has 1 heterocycles. The van der Waals surface area contributed by atoms with Gasteiger partial charge in [-0.25, -0.2) is 8.42 Å². The van der Waals surface area contributed by atoms with Crippen LogP contribution in [0.4, 0.5) is 13.2 Å². The fraction of sp³-hybridized carbons (Fsp3) is 0.500. The van der Waals surface area contributed by atoms with Gasteiger partial charge in [-0.1, -0.05) is 6.07 Å². The van der Waals surface area contributed by atoms with Crippen LogP contribution in [0.25, 0.3) is 0 Å². The van der Waals surface area contributed by atoms with Crippen molar-refractivity contribution in [2.75, 3.05) is 32.7 Å². The van der Waals surface area contributed by atoms with E-state index in [1.807, 2.05) is 6.07 Å². The molecular formula is C14H16F3N3O2S. The number of alkyl halides is 3. The Morgan fingerprint density at radius 3 is 2.35 bits per heavy atom. The minimum absolute atomic E-state index is 0.0183. The highest BCUT2D eigenvalue weighted by Gasteiger charge is 2.35. The van der Waals surface area contributed by atoms with E-state index in [0.717, 1.165) is 4.31 Å². The molecule has 5 nitrogen and oxygen atoms in total. The first-order valence-corrected chi connectivity index (χ1v) is 8.37. The maximum atomic E-state index is 12.9. The first-order valence-electron chi connectivity index (χ1n) is 6.93. The van der Waals surface area contributed by atoms with Gasteiger partial charge in [0.15, 0.2) is 0 Å². The lowest BCUT2D eigenvalue weighted by molar-refractivity contribution is -0.138. The van der Waals surface area contributed by atoms with E-state index < -0.39 is 21.8 Å². The molecule has 126 valence electrons. The Bertz CT molecular complexity index is 718. The van der Waals surface area contributed by atoms with E-state index in [-0.39, 0.29) is 30.1 Å². The summed E-state index contributed by atoms with van der Waals surface area (Å²) in [6, 6.07) is 5.04. The third-order valence-corrected chi connectivity index (χ3v) is 5.67. The number of sulfonamides is 1. The maximum absolute atomic E-state index is 12.9. The Hall–Kier alpha value is -1.63. The molecule has 9 heteroatoms. The Morgan fingerprint density at radius 2 is 1.83 bits per heavy atom. The molecule has 0 N–H and O–H groups in total. The number of nitriles is 1. The normalized spacial score (nSPS) is 17.9. The second-order valence-corrected chi connectivity index (χ2v) is 7.25. The van der Waals surface area contributed by atoms with Crippen LogP contribution in [0.3, 0.4) is 0 Å². The maximum Gasteiger partial charge on any atom is 0.416 e. The number of hydrogen-bond acceptors (Lipinski definition) is 4. The first kappa shape index (κ1) is 17.7. The SMILES string of the molecule is Cc1ccc(S(=O)(=O)N2CCN(CC#N)CC2)cc1C(F)(F)F. The summed E-state index contributed by atoms with van der Waals surface area (Å²) in [6.07, 6.45) is -4.60. The topological polar surface area (TPSA) is 64.4 Å². The van der Waals surface area contributed by atoms with Gasteiger partial charge in [0.2, 0.25) is 10.0 Å². The van der Waals surface area contributed by atoms with Gasteiger partial charge in [0.05, 0.1) is 23.1 Å². The molecule has 1 aromatic rings. The minimum Gasteiger partial charge on any atom is -0.288 e. The van der Waals surface area contributed by atoms with Gasteiger partial charge in [-0.15, -0.1) is 0 Å². The highest BCUT2D eigenvalue weighted by atomic mass is 32.2. The molecule has 0 aromatic heterocycles. The third-order valence-electron chi connectivity index (χ3n) is 3.78. The van der Waals surface area contributed by atoms with Crippen LogP contribution >= 0.6 is 0 Å². The summed E-state index contributed by atoms with van der Waals surface area (Å²) in [6.45, 7) is 2.56. The molecule has 0 unspecified atom stereocenters. The van der Waals surface area contributed by atoms with Crippen LogP contribution in [0.15, 0.2) is 23.1 Å². The van der Waals surface area contributed by atoms with Crippen LogP contribution in [0.1, 0.15) is 11.1 Å². The number of piperazine rings is 1. The molecule has 0 atom stereocenters. The van der Waals surface area contributed by atoms with E-state index >= 15 is 0 Å². The van der Waals surface area contributed by atoms with Crippen LogP contribution < -0.4 is 0 Å². The number of aryl methyl sites for hydroxylation is 1. The predicted molar refractivity (Wildman–Crippen MR) is 77.0 cm³/mol. The summed E-state index contributed by atoms with van der Waals surface area (Å²) in [5.41, 5.74) is -0.961. The van der Waals surface area contributed by atoms with Crippen molar-refractivity contribution in [3.8, 4) is 6.07 Å². The molecule has 1 aliphatic heterocycles. The lowest BCUT2D eigenvalue weighted by atomic mass is 10.1. The predicted octanol–water partition coefficient (Wildman–Crippen LogP) is 1.84. The second-order valence-electron chi connectivity index (χ2n) is 5.31. The summed E-state index contributed by atoms with van der Waals surface area (Å²) in [5, 5.41) is 8.62. The van der Waals surface area contributed by atoms with Gasteiger partial charge >= 0.3 is 6.18 Å². The molecule has 0 spiro atoms. The molecule has 0 bridgehead atoms. The first-order chi connectivity index (χ1) is 10.7. The summed E-state index contributed by atoms with van der Waals surface area (Å²) in [4.78, 5) is 1.44. The van der Waals surface area contributed by atoms with Gasteiger partial charge in [0.25, 0.3) is 0 Å². The van der Waals surface area contributed by atoms with Crippen LogP contribution in [0.5, 0.6) is 0 Å². The van der Waals surface area contributed by atoms with Gasteiger partial charge in [-0.3, -0.25) is 4.90 Å². The van der Waals surface area contributed by atoms with Crippen molar-refractivity contribution in [3.63, 3.8) is 0 Å². The molecule has 23 heavy (non-hydrogen) atoms. The van der Waals surface area contributed by atoms with Gasteiger partial charge < -0.3 is 0 Å². The summed E-state index contributed by atoms with van der Waals surface area (Å²) < 4.78 is 65.0. The van der Waals surface area contributed by atoms with Gasteiger partial charge in [-0.2, -0.15) is 22.7 Å². The number of halogens is 3. The molecule has 0 aliphatic carbocycles. The lowest BCUT2D eigenvalue weighted by Gasteiger charge is -2.32. The van der Waals surface area contributed by atoms with Crippen LogP contribution in [0.2, 0.25) is 0 Å². The molecule has 1 aliphatic rings. The lowest BCUT2D eigenvalue weighted by Crippen LogP contribution is -2.48.